The van der Waals surface area contributed by atoms with E-state index in [1.807, 2.05) is 0 Å². The number of nitrogens with one attached hydrogen (secondary N) is 1. The molecule has 1 fully saturated rings. The van der Waals surface area contributed by atoms with E-state index in [4.69, 9.17) is 0 Å². The molecular weight excluding hydrogens is 160 g/mol. The summed E-state index contributed by atoms with van der Waals surface area (Å²) in [7, 11) is 0. The number of hydrogen-bond donors (Lipinski definition) is 1. The van der Waals surface area contributed by atoms with E-state index in [0.29, 0.717) is 0 Å². The standard InChI is InChI=1S/C11H24N2/c1-4-12-6-5-7-13-8-10(2)11(3)9-13/h10-12H,4-9H2,1-3H3. The number of hydrogen-bond acceptors (Lipinski definition) is 2. The minimum atomic E-state index is 0.902. The minimum absolute atomic E-state index is 0.902. The van der Waals surface area contributed by atoms with E-state index in [-0.39, 0.29) is 0 Å². The Hall–Kier alpha value is -0.0800. The van der Waals surface area contributed by atoms with E-state index < -0.39 is 0 Å². The molecule has 1 aliphatic heterocycles. The molecule has 2 unspecified atom stereocenters. The van der Waals surface area contributed by atoms with Gasteiger partial charge in [-0.15, -0.1) is 0 Å². The van der Waals surface area contributed by atoms with Crippen LogP contribution in [0.25, 0.3) is 0 Å². The van der Waals surface area contributed by atoms with Crippen LogP contribution in [0.15, 0.2) is 0 Å². The molecule has 0 aromatic carbocycles. The summed E-state index contributed by atoms with van der Waals surface area (Å²) < 4.78 is 0. The lowest BCUT2D eigenvalue weighted by Crippen LogP contribution is -2.25. The molecule has 0 aliphatic carbocycles. The van der Waals surface area contributed by atoms with Crippen LogP contribution in [-0.2, 0) is 0 Å². The summed E-state index contributed by atoms with van der Waals surface area (Å²) in [5.41, 5.74) is 0. The maximum Gasteiger partial charge on any atom is 0.00102 e. The average Bonchev–Trinajstić information content (AvgIpc) is 2.41. The zero-order valence-corrected chi connectivity index (χ0v) is 9.34. The van der Waals surface area contributed by atoms with Gasteiger partial charge in [0, 0.05) is 13.1 Å². The van der Waals surface area contributed by atoms with Gasteiger partial charge in [0.2, 0.25) is 0 Å². The van der Waals surface area contributed by atoms with Crippen LogP contribution >= 0.6 is 0 Å². The number of likely N-dealkylation sites (tertiary alicyclic amines) is 1. The smallest absolute Gasteiger partial charge is 0.00102 e. The minimum Gasteiger partial charge on any atom is -0.317 e. The first-order valence-electron chi connectivity index (χ1n) is 5.67. The first-order chi connectivity index (χ1) is 6.24. The van der Waals surface area contributed by atoms with E-state index in [2.05, 4.69) is 31.0 Å². The third kappa shape index (κ3) is 3.65. The maximum atomic E-state index is 3.37. The molecular formula is C11H24N2. The molecule has 0 aromatic heterocycles. The third-order valence-corrected chi connectivity index (χ3v) is 3.14. The fourth-order valence-corrected chi connectivity index (χ4v) is 2.04. The molecule has 0 amide bonds. The summed E-state index contributed by atoms with van der Waals surface area (Å²) in [6.45, 7) is 13.1. The van der Waals surface area contributed by atoms with E-state index in [1.54, 1.807) is 0 Å². The Bertz CT molecular complexity index is 126. The van der Waals surface area contributed by atoms with Crippen molar-refractivity contribution in [3.8, 4) is 0 Å². The second-order valence-electron chi connectivity index (χ2n) is 4.42. The lowest BCUT2D eigenvalue weighted by Gasteiger charge is -2.14. The van der Waals surface area contributed by atoms with Crippen LogP contribution in [0.5, 0.6) is 0 Å². The molecule has 1 aliphatic rings. The van der Waals surface area contributed by atoms with E-state index >= 15 is 0 Å². The van der Waals surface area contributed by atoms with Crippen LogP contribution in [0.1, 0.15) is 27.2 Å². The van der Waals surface area contributed by atoms with Crippen molar-refractivity contribution in [2.24, 2.45) is 11.8 Å². The van der Waals surface area contributed by atoms with Crippen LogP contribution < -0.4 is 5.32 Å². The predicted octanol–water partition coefficient (Wildman–Crippen LogP) is 1.57. The monoisotopic (exact) mass is 184 g/mol. The van der Waals surface area contributed by atoms with Gasteiger partial charge >= 0.3 is 0 Å². The Morgan fingerprint density at radius 1 is 1.23 bits per heavy atom. The second-order valence-corrected chi connectivity index (χ2v) is 4.42. The molecule has 0 spiro atoms. The van der Waals surface area contributed by atoms with E-state index in [0.717, 1.165) is 18.4 Å². The highest BCUT2D eigenvalue weighted by Gasteiger charge is 2.24. The second kappa shape index (κ2) is 5.61. The van der Waals surface area contributed by atoms with Crippen molar-refractivity contribution in [3.63, 3.8) is 0 Å². The van der Waals surface area contributed by atoms with Crippen LogP contribution in [0, 0.1) is 11.8 Å². The Kier molecular flexibility index (Phi) is 4.74. The van der Waals surface area contributed by atoms with Gasteiger partial charge in [0.15, 0.2) is 0 Å². The van der Waals surface area contributed by atoms with Crippen molar-refractivity contribution >= 4 is 0 Å². The topological polar surface area (TPSA) is 15.3 Å². The van der Waals surface area contributed by atoms with Crippen molar-refractivity contribution < 1.29 is 0 Å². The van der Waals surface area contributed by atoms with Crippen LogP contribution in [0.3, 0.4) is 0 Å². The molecule has 1 saturated heterocycles. The first kappa shape index (κ1) is 11.0. The molecule has 0 aromatic rings. The van der Waals surface area contributed by atoms with Crippen molar-refractivity contribution in [2.45, 2.75) is 27.2 Å². The van der Waals surface area contributed by atoms with Crippen molar-refractivity contribution in [3.05, 3.63) is 0 Å². The highest BCUT2D eigenvalue weighted by atomic mass is 15.1. The molecule has 2 heteroatoms. The van der Waals surface area contributed by atoms with Crippen LogP contribution in [-0.4, -0.2) is 37.6 Å². The Balaban J connectivity index is 2.03. The largest absolute Gasteiger partial charge is 0.317 e. The fraction of sp³-hybridized carbons (Fsp3) is 1.00. The van der Waals surface area contributed by atoms with Crippen LogP contribution in [0.4, 0.5) is 0 Å². The quantitative estimate of drug-likeness (QED) is 0.653. The Labute approximate surface area is 82.7 Å². The first-order valence-corrected chi connectivity index (χ1v) is 5.67. The molecule has 1 N–H and O–H groups in total. The highest BCUT2D eigenvalue weighted by Crippen LogP contribution is 2.21. The predicted molar refractivity (Wildman–Crippen MR) is 57.9 cm³/mol. The van der Waals surface area contributed by atoms with E-state index in [1.165, 1.54) is 32.6 Å². The molecule has 0 radical (unpaired) electrons. The van der Waals surface area contributed by atoms with Gasteiger partial charge in [0.1, 0.15) is 0 Å². The number of rotatable bonds is 5. The van der Waals surface area contributed by atoms with Crippen LogP contribution in [0.2, 0.25) is 0 Å². The summed E-state index contributed by atoms with van der Waals surface area (Å²) in [5, 5.41) is 3.37. The maximum absolute atomic E-state index is 3.37. The molecule has 2 nitrogen and oxygen atoms in total. The van der Waals surface area contributed by atoms with Gasteiger partial charge < -0.3 is 10.2 Å². The molecule has 13 heavy (non-hydrogen) atoms. The van der Waals surface area contributed by atoms with Crippen molar-refractivity contribution in [1.29, 1.82) is 0 Å². The SMILES string of the molecule is CCNCCCN1CC(C)C(C)C1. The summed E-state index contributed by atoms with van der Waals surface area (Å²) in [5.74, 6) is 1.80. The summed E-state index contributed by atoms with van der Waals surface area (Å²) in [4.78, 5) is 2.60. The van der Waals surface area contributed by atoms with Gasteiger partial charge in [-0.25, -0.2) is 0 Å². The Morgan fingerprint density at radius 2 is 1.85 bits per heavy atom. The van der Waals surface area contributed by atoms with Gasteiger partial charge in [-0.1, -0.05) is 20.8 Å². The van der Waals surface area contributed by atoms with Gasteiger partial charge in [0.25, 0.3) is 0 Å². The zero-order chi connectivity index (χ0) is 9.68. The molecule has 0 saturated carbocycles. The molecule has 1 rings (SSSR count). The molecule has 1 heterocycles. The average molecular weight is 184 g/mol. The lowest BCUT2D eigenvalue weighted by atomic mass is 10.0. The molecule has 0 bridgehead atoms. The third-order valence-electron chi connectivity index (χ3n) is 3.14. The van der Waals surface area contributed by atoms with Gasteiger partial charge in [-0.2, -0.15) is 0 Å². The van der Waals surface area contributed by atoms with Gasteiger partial charge in [0.05, 0.1) is 0 Å². The summed E-state index contributed by atoms with van der Waals surface area (Å²) >= 11 is 0. The molecule has 2 atom stereocenters. The lowest BCUT2D eigenvalue weighted by molar-refractivity contribution is 0.317. The van der Waals surface area contributed by atoms with Crippen molar-refractivity contribution in [1.82, 2.24) is 10.2 Å². The van der Waals surface area contributed by atoms with Crippen molar-refractivity contribution in [2.75, 3.05) is 32.7 Å². The van der Waals surface area contributed by atoms with Gasteiger partial charge in [-0.3, -0.25) is 0 Å². The zero-order valence-electron chi connectivity index (χ0n) is 9.34. The normalized spacial score (nSPS) is 29.8. The highest BCUT2D eigenvalue weighted by molar-refractivity contribution is 4.78. The number of nitrogens with zero attached hydrogens (tertiary/aromatic N) is 1. The summed E-state index contributed by atoms with van der Waals surface area (Å²) in [6, 6.07) is 0. The fourth-order valence-electron chi connectivity index (χ4n) is 2.04. The van der Waals surface area contributed by atoms with Gasteiger partial charge in [-0.05, 0) is 37.9 Å². The van der Waals surface area contributed by atoms with E-state index in [9.17, 15) is 0 Å². The molecule has 78 valence electrons. The summed E-state index contributed by atoms with van der Waals surface area (Å²) in [6.07, 6.45) is 1.30. The Morgan fingerprint density at radius 3 is 2.38 bits per heavy atom.